The third-order valence-corrected chi connectivity index (χ3v) is 8.74. The molecule has 0 amide bonds. The van der Waals surface area contributed by atoms with E-state index in [0.29, 0.717) is 29.5 Å². The van der Waals surface area contributed by atoms with E-state index in [0.717, 1.165) is 28.9 Å². The van der Waals surface area contributed by atoms with Crippen LogP contribution in [0.15, 0.2) is 46.1 Å². The summed E-state index contributed by atoms with van der Waals surface area (Å²) in [5.41, 5.74) is 2.62. The van der Waals surface area contributed by atoms with Gasteiger partial charge in [-0.2, -0.15) is 8.42 Å². The molecule has 2 heterocycles. The number of aryl methyl sites for hydroxylation is 2. The highest BCUT2D eigenvalue weighted by Crippen LogP contribution is 2.39. The van der Waals surface area contributed by atoms with E-state index < -0.39 is 16.0 Å². The minimum absolute atomic E-state index is 0.00185. The van der Waals surface area contributed by atoms with Crippen LogP contribution < -0.4 is 13.8 Å². The summed E-state index contributed by atoms with van der Waals surface area (Å²) < 4.78 is 45.8. The van der Waals surface area contributed by atoms with E-state index in [9.17, 15) is 13.2 Å². The first-order chi connectivity index (χ1) is 16.7. The molecule has 0 aliphatic carbocycles. The van der Waals surface area contributed by atoms with Gasteiger partial charge in [-0.3, -0.25) is 4.31 Å². The van der Waals surface area contributed by atoms with Gasteiger partial charge in [0.15, 0.2) is 0 Å². The molecule has 1 aliphatic heterocycles. The number of carboxylic acid groups (broad SMARTS) is 1. The lowest BCUT2D eigenvalue weighted by molar-refractivity contribution is -0.0428. The zero-order valence-corrected chi connectivity index (χ0v) is 21.2. The van der Waals surface area contributed by atoms with Crippen molar-refractivity contribution in [2.75, 3.05) is 24.6 Å². The number of aromatic nitrogens is 1. The van der Waals surface area contributed by atoms with Crippen LogP contribution in [0.2, 0.25) is 0 Å². The Labute approximate surface area is 208 Å². The van der Waals surface area contributed by atoms with Crippen molar-refractivity contribution in [3.8, 4) is 11.5 Å². The van der Waals surface area contributed by atoms with E-state index in [1.165, 1.54) is 23.5 Å². The third-order valence-electron chi connectivity index (χ3n) is 5.61. The Bertz CT molecular complexity index is 1320. The van der Waals surface area contributed by atoms with Gasteiger partial charge < -0.3 is 19.3 Å². The van der Waals surface area contributed by atoms with E-state index in [4.69, 9.17) is 19.3 Å². The number of carbonyl (C=O) groups is 1. The zero-order chi connectivity index (χ0) is 25.2. The Morgan fingerprint density at radius 3 is 2.49 bits per heavy atom. The maximum atomic E-state index is 13.7. The number of ether oxygens (including phenoxy) is 3. The highest BCUT2D eigenvalue weighted by molar-refractivity contribution is 7.94. The Kier molecular flexibility index (Phi) is 7.29. The quantitative estimate of drug-likeness (QED) is 0.428. The lowest BCUT2D eigenvalue weighted by Gasteiger charge is -2.33. The van der Waals surface area contributed by atoms with Crippen LogP contribution in [-0.4, -0.2) is 50.8 Å². The summed E-state index contributed by atoms with van der Waals surface area (Å²) in [7, 11) is -2.45. The van der Waals surface area contributed by atoms with Gasteiger partial charge in [-0.05, 0) is 49.6 Å². The molecule has 0 saturated carbocycles. The van der Waals surface area contributed by atoms with Crippen molar-refractivity contribution in [2.24, 2.45) is 0 Å². The van der Waals surface area contributed by atoms with Crippen molar-refractivity contribution >= 4 is 33.0 Å². The number of rotatable bonds is 10. The number of benzene rings is 2. The number of methoxy groups -OCH3 is 1. The Hall–Kier alpha value is -3.15. The average molecular weight is 519 g/mol. The summed E-state index contributed by atoms with van der Waals surface area (Å²) in [5, 5.41) is 10.8. The van der Waals surface area contributed by atoms with Crippen molar-refractivity contribution < 1.29 is 32.5 Å². The van der Waals surface area contributed by atoms with Crippen LogP contribution >= 0.6 is 11.3 Å². The maximum Gasteiger partial charge on any atom is 0.335 e. The normalized spacial score (nSPS) is 15.3. The summed E-state index contributed by atoms with van der Waals surface area (Å²) in [4.78, 5) is 15.3. The number of aromatic carboxylic acids is 1. The molecular formula is C24H26N2O7S2. The minimum atomic E-state index is -3.99. The van der Waals surface area contributed by atoms with Gasteiger partial charge in [-0.25, -0.2) is 9.78 Å². The molecule has 2 aromatic carbocycles. The highest BCUT2D eigenvalue weighted by Gasteiger charge is 2.34. The fraction of sp³-hybridized carbons (Fsp3) is 0.333. The predicted molar refractivity (Wildman–Crippen MR) is 131 cm³/mol. The number of anilines is 1. The van der Waals surface area contributed by atoms with Crippen molar-refractivity contribution in [1.29, 1.82) is 0 Å². The van der Waals surface area contributed by atoms with Gasteiger partial charge in [-0.1, -0.05) is 12.1 Å². The molecule has 1 N–H and O–H groups in total. The van der Waals surface area contributed by atoms with Crippen molar-refractivity contribution in [1.82, 2.24) is 4.98 Å². The summed E-state index contributed by atoms with van der Waals surface area (Å²) in [6, 6.07) is 9.68. The first kappa shape index (κ1) is 25.0. The van der Waals surface area contributed by atoms with Crippen LogP contribution in [0, 0.1) is 13.8 Å². The molecule has 1 fully saturated rings. The molecule has 9 nitrogen and oxygen atoms in total. The highest BCUT2D eigenvalue weighted by atomic mass is 32.2. The van der Waals surface area contributed by atoms with Crippen LogP contribution in [-0.2, 0) is 21.4 Å². The molecular weight excluding hydrogens is 492 g/mol. The van der Waals surface area contributed by atoms with E-state index >= 15 is 0 Å². The topological polar surface area (TPSA) is 115 Å². The second-order valence-electron chi connectivity index (χ2n) is 8.15. The van der Waals surface area contributed by atoms with Crippen LogP contribution in [0.3, 0.4) is 0 Å². The molecule has 0 spiro atoms. The average Bonchev–Trinajstić information content (AvgIpc) is 3.25. The molecule has 1 aliphatic rings. The van der Waals surface area contributed by atoms with E-state index in [-0.39, 0.29) is 29.2 Å². The molecule has 11 heteroatoms. The molecule has 35 heavy (non-hydrogen) atoms. The van der Waals surface area contributed by atoms with Crippen molar-refractivity contribution in [3.63, 3.8) is 0 Å². The number of sulfonamides is 1. The predicted octanol–water partition coefficient (Wildman–Crippen LogP) is 4.03. The summed E-state index contributed by atoms with van der Waals surface area (Å²) in [5.74, 6) is -0.155. The summed E-state index contributed by atoms with van der Waals surface area (Å²) in [6.07, 6.45) is 0.522. The van der Waals surface area contributed by atoms with E-state index in [1.54, 1.807) is 36.6 Å². The SMILES string of the molecule is COc1cc(OCc2ccc(C(=O)O)cc2)c(N(CC2CCO2)S(=O)(=O)c2nc(C)cs2)cc1C. The molecule has 4 rings (SSSR count). The van der Waals surface area contributed by atoms with Crippen LogP contribution in [0.4, 0.5) is 5.69 Å². The minimum Gasteiger partial charge on any atom is -0.496 e. The molecule has 1 atom stereocenters. The number of hydrogen-bond acceptors (Lipinski definition) is 8. The Balaban J connectivity index is 1.72. The van der Waals surface area contributed by atoms with Gasteiger partial charge >= 0.3 is 5.97 Å². The lowest BCUT2D eigenvalue weighted by atomic mass is 10.1. The largest absolute Gasteiger partial charge is 0.496 e. The molecule has 1 unspecified atom stereocenters. The number of thiazole rings is 1. The zero-order valence-electron chi connectivity index (χ0n) is 19.6. The maximum absolute atomic E-state index is 13.7. The fourth-order valence-electron chi connectivity index (χ4n) is 3.57. The van der Waals surface area contributed by atoms with Crippen LogP contribution in [0.25, 0.3) is 0 Å². The molecule has 1 saturated heterocycles. The Morgan fingerprint density at radius 2 is 1.94 bits per heavy atom. The second-order valence-corrected chi connectivity index (χ2v) is 11.0. The smallest absolute Gasteiger partial charge is 0.335 e. The van der Waals surface area contributed by atoms with Gasteiger partial charge in [0.25, 0.3) is 10.0 Å². The van der Waals surface area contributed by atoms with Gasteiger partial charge in [-0.15, -0.1) is 11.3 Å². The number of hydrogen-bond donors (Lipinski definition) is 1. The van der Waals surface area contributed by atoms with Gasteiger partial charge in [0, 0.05) is 23.7 Å². The van der Waals surface area contributed by atoms with Crippen molar-refractivity contribution in [3.05, 3.63) is 64.2 Å². The molecule has 0 bridgehead atoms. The fourth-order valence-corrected chi connectivity index (χ4v) is 6.21. The van der Waals surface area contributed by atoms with Gasteiger partial charge in [0.05, 0.1) is 31.0 Å². The van der Waals surface area contributed by atoms with Gasteiger partial charge in [0.2, 0.25) is 4.34 Å². The summed E-state index contributed by atoms with van der Waals surface area (Å²) >= 11 is 1.07. The van der Waals surface area contributed by atoms with Crippen LogP contribution in [0.1, 0.15) is 33.6 Å². The molecule has 3 aromatic rings. The van der Waals surface area contributed by atoms with E-state index in [2.05, 4.69) is 4.98 Å². The monoisotopic (exact) mass is 518 g/mol. The molecule has 0 radical (unpaired) electrons. The van der Waals surface area contributed by atoms with Crippen LogP contribution in [0.5, 0.6) is 11.5 Å². The third kappa shape index (κ3) is 5.42. The molecule has 186 valence electrons. The first-order valence-electron chi connectivity index (χ1n) is 10.9. The van der Waals surface area contributed by atoms with E-state index in [1.807, 2.05) is 6.92 Å². The standard InChI is InChI=1S/C24H26N2O7S2/c1-15-10-20(26(12-19-8-9-32-19)35(29,30)24-25-16(2)14-34-24)22(11-21(15)31-3)33-13-17-4-6-18(7-5-17)23(27)28/h4-7,10-11,14,19H,8-9,12-13H2,1-3H3,(H,27,28). The second kappa shape index (κ2) is 10.2. The first-order valence-corrected chi connectivity index (χ1v) is 13.2. The van der Waals surface area contributed by atoms with Gasteiger partial charge in [0.1, 0.15) is 18.1 Å². The number of nitrogens with zero attached hydrogens (tertiary/aromatic N) is 2. The number of carboxylic acids is 1. The molecule has 1 aromatic heterocycles. The lowest BCUT2D eigenvalue weighted by Crippen LogP contribution is -2.43. The van der Waals surface area contributed by atoms with Crippen molar-refractivity contribution in [2.45, 2.75) is 37.3 Å². The Morgan fingerprint density at radius 1 is 1.23 bits per heavy atom. The summed E-state index contributed by atoms with van der Waals surface area (Å²) in [6.45, 7) is 4.39.